The molecule has 0 bridgehead atoms. The Hall–Kier alpha value is -2.00. The number of benzene rings is 1. The quantitative estimate of drug-likeness (QED) is 0.358. The zero-order valence-corrected chi connectivity index (χ0v) is 10.6. The summed E-state index contributed by atoms with van der Waals surface area (Å²) in [5.74, 6) is 0.0484. The molecule has 0 saturated heterocycles. The van der Waals surface area contributed by atoms with E-state index < -0.39 is 5.97 Å². The predicted molar refractivity (Wildman–Crippen MR) is 76.6 cm³/mol. The zero-order valence-electron chi connectivity index (χ0n) is 9.76. The van der Waals surface area contributed by atoms with Crippen molar-refractivity contribution in [2.75, 3.05) is 0 Å². The van der Waals surface area contributed by atoms with E-state index in [1.54, 1.807) is 12.1 Å². The molecule has 18 heavy (non-hydrogen) atoms. The molecule has 1 aliphatic carbocycles. The SMILES string of the molecule is C=CC(=O)Oc1ccc(C2=CC(=S)CC=C2)cc1. The second-order valence-corrected chi connectivity index (χ2v) is 4.35. The summed E-state index contributed by atoms with van der Waals surface area (Å²) in [6.07, 6.45) is 8.04. The third-order valence-electron chi connectivity index (χ3n) is 2.51. The van der Waals surface area contributed by atoms with Crippen molar-refractivity contribution in [2.45, 2.75) is 6.42 Å². The van der Waals surface area contributed by atoms with Crippen LogP contribution in [0.5, 0.6) is 5.75 Å². The molecule has 0 amide bonds. The van der Waals surface area contributed by atoms with Gasteiger partial charge in [-0.15, -0.1) is 0 Å². The molecule has 0 aliphatic heterocycles. The molecule has 0 fully saturated rings. The minimum Gasteiger partial charge on any atom is -0.423 e. The molecule has 0 radical (unpaired) electrons. The average molecular weight is 256 g/mol. The molecule has 0 spiro atoms. The second-order valence-electron chi connectivity index (χ2n) is 3.82. The van der Waals surface area contributed by atoms with Gasteiger partial charge in [-0.3, -0.25) is 0 Å². The molecule has 2 nitrogen and oxygen atoms in total. The highest BCUT2D eigenvalue weighted by molar-refractivity contribution is 7.80. The van der Waals surface area contributed by atoms with Crippen molar-refractivity contribution in [3.05, 3.63) is 60.7 Å². The maximum absolute atomic E-state index is 11.0. The van der Waals surface area contributed by atoms with Gasteiger partial charge in [-0.2, -0.15) is 0 Å². The fourth-order valence-corrected chi connectivity index (χ4v) is 1.86. The molecule has 0 saturated carbocycles. The van der Waals surface area contributed by atoms with Crippen LogP contribution in [0.1, 0.15) is 12.0 Å². The standard InChI is InChI=1S/C15H12O2S/c1-2-15(16)17-13-8-6-11(7-9-13)12-4-3-5-14(18)10-12/h2-4,6-10H,1,5H2. The van der Waals surface area contributed by atoms with Crippen LogP contribution in [0.25, 0.3) is 5.57 Å². The Morgan fingerprint density at radius 3 is 2.67 bits per heavy atom. The van der Waals surface area contributed by atoms with E-state index in [0.717, 1.165) is 28.5 Å². The Morgan fingerprint density at radius 2 is 2.06 bits per heavy atom. The molecule has 1 aromatic carbocycles. The second kappa shape index (κ2) is 5.56. The van der Waals surface area contributed by atoms with E-state index in [1.807, 2.05) is 30.4 Å². The number of hydrogen-bond donors (Lipinski definition) is 0. The Bertz CT molecular complexity index is 550. The summed E-state index contributed by atoms with van der Waals surface area (Å²) < 4.78 is 5.01. The van der Waals surface area contributed by atoms with E-state index in [-0.39, 0.29) is 0 Å². The van der Waals surface area contributed by atoms with Crippen LogP contribution < -0.4 is 4.74 Å². The van der Waals surface area contributed by atoms with E-state index in [1.165, 1.54) is 0 Å². The van der Waals surface area contributed by atoms with Gasteiger partial charge in [0.15, 0.2) is 0 Å². The Kier molecular flexibility index (Phi) is 3.85. The number of carbonyl (C=O) groups is 1. The van der Waals surface area contributed by atoms with Crippen LogP contribution in [-0.2, 0) is 4.79 Å². The molecule has 0 aromatic heterocycles. The third kappa shape index (κ3) is 3.02. The summed E-state index contributed by atoms with van der Waals surface area (Å²) >= 11 is 5.17. The maximum Gasteiger partial charge on any atom is 0.335 e. The first kappa shape index (κ1) is 12.5. The number of esters is 1. The highest BCUT2D eigenvalue weighted by atomic mass is 32.1. The summed E-state index contributed by atoms with van der Waals surface area (Å²) in [4.78, 5) is 12.0. The molecule has 0 unspecified atom stereocenters. The van der Waals surface area contributed by atoms with Crippen molar-refractivity contribution < 1.29 is 9.53 Å². The third-order valence-corrected chi connectivity index (χ3v) is 2.79. The van der Waals surface area contributed by atoms with E-state index in [9.17, 15) is 4.79 Å². The van der Waals surface area contributed by atoms with Crippen molar-refractivity contribution in [1.29, 1.82) is 0 Å². The molecule has 3 heteroatoms. The van der Waals surface area contributed by atoms with Crippen LogP contribution in [0.2, 0.25) is 0 Å². The lowest BCUT2D eigenvalue weighted by molar-refractivity contribution is -0.128. The average Bonchev–Trinajstić information content (AvgIpc) is 2.39. The van der Waals surface area contributed by atoms with Gasteiger partial charge in [-0.1, -0.05) is 43.1 Å². The van der Waals surface area contributed by atoms with E-state index in [4.69, 9.17) is 17.0 Å². The van der Waals surface area contributed by atoms with Crippen LogP contribution in [0, 0.1) is 0 Å². The van der Waals surface area contributed by atoms with Gasteiger partial charge in [0.25, 0.3) is 0 Å². The highest BCUT2D eigenvalue weighted by Crippen LogP contribution is 2.23. The minimum atomic E-state index is -0.458. The summed E-state index contributed by atoms with van der Waals surface area (Å²) in [5, 5.41) is 0. The number of rotatable bonds is 3. The maximum atomic E-state index is 11.0. The predicted octanol–water partition coefficient (Wildman–Crippen LogP) is 3.49. The molecule has 0 atom stereocenters. The van der Waals surface area contributed by atoms with Crippen LogP contribution in [0.3, 0.4) is 0 Å². The fourth-order valence-electron chi connectivity index (χ4n) is 1.64. The summed E-state index contributed by atoms with van der Waals surface area (Å²) in [6.45, 7) is 3.35. The first-order valence-electron chi connectivity index (χ1n) is 5.55. The highest BCUT2D eigenvalue weighted by Gasteiger charge is 2.05. The van der Waals surface area contributed by atoms with Gasteiger partial charge < -0.3 is 4.74 Å². The number of allylic oxidation sites excluding steroid dienone is 4. The van der Waals surface area contributed by atoms with E-state index in [2.05, 4.69) is 6.58 Å². The van der Waals surface area contributed by atoms with Crippen LogP contribution >= 0.6 is 12.2 Å². The lowest BCUT2D eigenvalue weighted by Crippen LogP contribution is -2.02. The molecular weight excluding hydrogens is 244 g/mol. The Balaban J connectivity index is 2.17. The summed E-state index contributed by atoms with van der Waals surface area (Å²) in [7, 11) is 0. The van der Waals surface area contributed by atoms with Gasteiger partial charge in [0.2, 0.25) is 0 Å². The largest absolute Gasteiger partial charge is 0.423 e. The number of hydrogen-bond acceptors (Lipinski definition) is 3. The Morgan fingerprint density at radius 1 is 1.33 bits per heavy atom. The zero-order chi connectivity index (χ0) is 13.0. The van der Waals surface area contributed by atoms with Crippen LogP contribution in [0.15, 0.2) is 55.1 Å². The first-order chi connectivity index (χ1) is 8.69. The van der Waals surface area contributed by atoms with Crippen LogP contribution in [-0.4, -0.2) is 10.8 Å². The molecule has 1 aliphatic rings. The molecule has 90 valence electrons. The first-order valence-corrected chi connectivity index (χ1v) is 5.95. The molecule has 0 heterocycles. The van der Waals surface area contributed by atoms with Crippen molar-refractivity contribution in [2.24, 2.45) is 0 Å². The summed E-state index contributed by atoms with van der Waals surface area (Å²) in [5.41, 5.74) is 2.12. The van der Waals surface area contributed by atoms with Crippen LogP contribution in [0.4, 0.5) is 0 Å². The van der Waals surface area contributed by atoms with Gasteiger partial charge in [-0.05, 0) is 29.3 Å². The van der Waals surface area contributed by atoms with Gasteiger partial charge in [0.1, 0.15) is 5.75 Å². The van der Waals surface area contributed by atoms with Gasteiger partial charge in [0.05, 0.1) is 0 Å². The number of carbonyl (C=O) groups excluding carboxylic acids is 1. The summed E-state index contributed by atoms with van der Waals surface area (Å²) in [6, 6.07) is 7.30. The molecule has 0 N–H and O–H groups in total. The monoisotopic (exact) mass is 256 g/mol. The van der Waals surface area contributed by atoms with Crippen molar-refractivity contribution in [3.63, 3.8) is 0 Å². The van der Waals surface area contributed by atoms with Crippen molar-refractivity contribution >= 4 is 28.6 Å². The van der Waals surface area contributed by atoms with Crippen molar-refractivity contribution in [1.82, 2.24) is 0 Å². The lowest BCUT2D eigenvalue weighted by Gasteiger charge is -2.08. The van der Waals surface area contributed by atoms with E-state index >= 15 is 0 Å². The normalized spacial score (nSPS) is 14.0. The minimum absolute atomic E-state index is 0.458. The van der Waals surface area contributed by atoms with Gasteiger partial charge in [0, 0.05) is 17.4 Å². The molecule has 1 aromatic rings. The molecular formula is C15H12O2S. The number of thiocarbonyl (C=S) groups is 1. The topological polar surface area (TPSA) is 26.3 Å². The van der Waals surface area contributed by atoms with Gasteiger partial charge in [-0.25, -0.2) is 4.79 Å². The lowest BCUT2D eigenvalue weighted by atomic mass is 9.99. The van der Waals surface area contributed by atoms with Crippen molar-refractivity contribution in [3.8, 4) is 5.75 Å². The Labute approximate surface area is 111 Å². The fraction of sp³-hybridized carbons (Fsp3) is 0.0667. The molecule has 2 rings (SSSR count). The van der Waals surface area contributed by atoms with Gasteiger partial charge >= 0.3 is 5.97 Å². The van der Waals surface area contributed by atoms with E-state index in [0.29, 0.717) is 5.75 Å². The number of ether oxygens (including phenoxy) is 1. The smallest absolute Gasteiger partial charge is 0.335 e.